The topological polar surface area (TPSA) is 81.2 Å². The van der Waals surface area contributed by atoms with Gasteiger partial charge in [0.25, 0.3) is 0 Å². The Morgan fingerprint density at radius 2 is 1.02 bits per heavy atom. The van der Waals surface area contributed by atoms with Crippen molar-refractivity contribution >= 4 is 43.6 Å². The summed E-state index contributed by atoms with van der Waals surface area (Å²) in [6.45, 7) is 0. The molecular formula is C45H25N5. The van der Waals surface area contributed by atoms with Crippen LogP contribution in [0.15, 0.2) is 152 Å². The zero-order valence-corrected chi connectivity index (χ0v) is 26.7. The van der Waals surface area contributed by atoms with E-state index in [-0.39, 0.29) is 0 Å². The average molecular weight is 636 g/mol. The van der Waals surface area contributed by atoms with Crippen LogP contribution in [0, 0.1) is 34.0 Å². The van der Waals surface area contributed by atoms with E-state index in [1.165, 1.54) is 0 Å². The Balaban J connectivity index is 1.18. The minimum atomic E-state index is 0.571. The van der Waals surface area contributed by atoms with E-state index < -0.39 is 0 Å². The van der Waals surface area contributed by atoms with E-state index in [0.717, 1.165) is 77.2 Å². The zero-order valence-electron chi connectivity index (χ0n) is 26.7. The van der Waals surface area contributed by atoms with Crippen molar-refractivity contribution in [1.82, 2.24) is 9.13 Å². The van der Waals surface area contributed by atoms with Gasteiger partial charge in [-0.1, -0.05) is 91.0 Å². The summed E-state index contributed by atoms with van der Waals surface area (Å²) in [5.41, 5.74) is 11.8. The van der Waals surface area contributed by atoms with Crippen molar-refractivity contribution in [3.05, 3.63) is 168 Å². The van der Waals surface area contributed by atoms with Crippen molar-refractivity contribution in [3.8, 4) is 51.8 Å². The molecule has 0 saturated heterocycles. The molecule has 5 nitrogen and oxygen atoms in total. The number of nitriles is 3. The molecule has 230 valence electrons. The van der Waals surface area contributed by atoms with Crippen molar-refractivity contribution in [1.29, 1.82) is 15.8 Å². The Bertz CT molecular complexity index is 2960. The molecule has 2 heterocycles. The van der Waals surface area contributed by atoms with Crippen molar-refractivity contribution in [2.45, 2.75) is 0 Å². The summed E-state index contributed by atoms with van der Waals surface area (Å²) in [6, 6.07) is 57.9. The molecule has 5 heteroatoms. The monoisotopic (exact) mass is 635 g/mol. The second-order valence-electron chi connectivity index (χ2n) is 12.3. The molecule has 0 bridgehead atoms. The van der Waals surface area contributed by atoms with Gasteiger partial charge >= 0.3 is 0 Å². The summed E-state index contributed by atoms with van der Waals surface area (Å²) in [5, 5.41) is 33.8. The van der Waals surface area contributed by atoms with Crippen molar-refractivity contribution in [2.75, 3.05) is 0 Å². The third kappa shape index (κ3) is 4.38. The molecule has 0 aliphatic heterocycles. The molecule has 7 aromatic carbocycles. The molecule has 9 rings (SSSR count). The maximum atomic E-state index is 10.0. The van der Waals surface area contributed by atoms with Gasteiger partial charge in [0.15, 0.2) is 0 Å². The summed E-state index contributed by atoms with van der Waals surface area (Å²) >= 11 is 0. The van der Waals surface area contributed by atoms with Gasteiger partial charge in [-0.25, -0.2) is 0 Å². The molecule has 0 fully saturated rings. The summed E-state index contributed by atoms with van der Waals surface area (Å²) in [4.78, 5) is 0. The van der Waals surface area contributed by atoms with Crippen LogP contribution < -0.4 is 0 Å². The lowest BCUT2D eigenvalue weighted by molar-refractivity contribution is 1.18. The van der Waals surface area contributed by atoms with Gasteiger partial charge in [-0.2, -0.15) is 15.8 Å². The molecule has 0 atom stereocenters. The molecule has 50 heavy (non-hydrogen) atoms. The third-order valence-electron chi connectivity index (χ3n) is 9.62. The van der Waals surface area contributed by atoms with Crippen LogP contribution in [0.1, 0.15) is 16.7 Å². The van der Waals surface area contributed by atoms with Gasteiger partial charge in [0, 0.05) is 32.8 Å². The Labute approximate surface area is 287 Å². The first-order valence-corrected chi connectivity index (χ1v) is 16.3. The maximum Gasteiger partial charge on any atom is 0.101 e. The number of hydrogen-bond acceptors (Lipinski definition) is 3. The van der Waals surface area contributed by atoms with Gasteiger partial charge in [0.05, 0.1) is 56.6 Å². The van der Waals surface area contributed by atoms with Gasteiger partial charge in [-0.3, -0.25) is 0 Å². The molecule has 0 saturated carbocycles. The van der Waals surface area contributed by atoms with Crippen LogP contribution in [0.3, 0.4) is 0 Å². The van der Waals surface area contributed by atoms with Crippen molar-refractivity contribution in [3.63, 3.8) is 0 Å². The highest BCUT2D eigenvalue weighted by Gasteiger charge is 2.18. The van der Waals surface area contributed by atoms with Gasteiger partial charge in [-0.15, -0.1) is 0 Å². The number of benzene rings is 7. The van der Waals surface area contributed by atoms with Crippen LogP contribution in [-0.4, -0.2) is 9.13 Å². The SMILES string of the molecule is N#Cc1ccc(-c2ccc(-c3cccc(-n4c5ccccc5c5cccc(C#N)c54)c3)cc2)c(-n2c3ccccc3c3cc(C#N)ccc32)c1. The van der Waals surface area contributed by atoms with Crippen molar-refractivity contribution < 1.29 is 0 Å². The minimum Gasteiger partial charge on any atom is -0.309 e. The number of rotatable bonds is 4. The summed E-state index contributed by atoms with van der Waals surface area (Å²) in [5.74, 6) is 0. The highest BCUT2D eigenvalue weighted by molar-refractivity contribution is 6.11. The maximum absolute atomic E-state index is 10.0. The van der Waals surface area contributed by atoms with E-state index in [0.29, 0.717) is 16.7 Å². The highest BCUT2D eigenvalue weighted by Crippen LogP contribution is 2.39. The Morgan fingerprint density at radius 1 is 0.400 bits per heavy atom. The van der Waals surface area contributed by atoms with Crippen LogP contribution in [-0.2, 0) is 0 Å². The number of fused-ring (bicyclic) bond motifs is 6. The van der Waals surface area contributed by atoms with E-state index in [2.05, 4.69) is 106 Å². The largest absolute Gasteiger partial charge is 0.309 e. The van der Waals surface area contributed by atoms with Crippen molar-refractivity contribution in [2.24, 2.45) is 0 Å². The van der Waals surface area contributed by atoms with Gasteiger partial charge < -0.3 is 9.13 Å². The van der Waals surface area contributed by atoms with Crippen LogP contribution >= 0.6 is 0 Å². The van der Waals surface area contributed by atoms with E-state index in [4.69, 9.17) is 0 Å². The third-order valence-corrected chi connectivity index (χ3v) is 9.62. The second-order valence-corrected chi connectivity index (χ2v) is 12.3. The number of aromatic nitrogens is 2. The lowest BCUT2D eigenvalue weighted by Crippen LogP contribution is -1.98. The van der Waals surface area contributed by atoms with Crippen LogP contribution in [0.5, 0.6) is 0 Å². The van der Waals surface area contributed by atoms with Gasteiger partial charge in [-0.05, 0) is 77.4 Å². The first-order valence-electron chi connectivity index (χ1n) is 16.3. The quantitative estimate of drug-likeness (QED) is 0.193. The van der Waals surface area contributed by atoms with Gasteiger partial charge in [0.2, 0.25) is 0 Å². The molecule has 0 spiro atoms. The number of para-hydroxylation sites is 3. The summed E-state index contributed by atoms with van der Waals surface area (Å²) < 4.78 is 4.38. The predicted octanol–water partition coefficient (Wildman–Crippen LogP) is 10.8. The molecular weight excluding hydrogens is 611 g/mol. The first-order chi connectivity index (χ1) is 24.7. The average Bonchev–Trinajstić information content (AvgIpc) is 3.70. The molecule has 0 N–H and O–H groups in total. The minimum absolute atomic E-state index is 0.571. The van der Waals surface area contributed by atoms with E-state index in [9.17, 15) is 15.8 Å². The lowest BCUT2D eigenvalue weighted by Gasteiger charge is -2.15. The fraction of sp³-hybridized carbons (Fsp3) is 0. The standard InChI is InChI=1S/C45H25N5/c46-26-29-16-22-43-40(23-29)38-11-2-4-14-42(38)50(43)44-24-30(27-47)15-21-36(44)32-19-17-31(18-20-32)33-7-5-9-35(25-33)49-41-13-3-1-10-37(41)39-12-6-8-34(28-48)45(39)49/h1-25H. The highest BCUT2D eigenvalue weighted by atomic mass is 15.0. The van der Waals surface area contributed by atoms with Crippen LogP contribution in [0.25, 0.3) is 77.2 Å². The fourth-order valence-corrected chi connectivity index (χ4v) is 7.38. The molecule has 0 amide bonds. The number of hydrogen-bond donors (Lipinski definition) is 0. The number of nitrogens with zero attached hydrogens (tertiary/aromatic N) is 5. The van der Waals surface area contributed by atoms with Gasteiger partial charge in [0.1, 0.15) is 6.07 Å². The summed E-state index contributed by atoms with van der Waals surface area (Å²) in [7, 11) is 0. The molecule has 0 unspecified atom stereocenters. The zero-order chi connectivity index (χ0) is 33.8. The molecule has 2 aromatic heterocycles. The molecule has 0 aliphatic carbocycles. The first kappa shape index (κ1) is 28.8. The molecule has 0 aliphatic rings. The Kier molecular flexibility index (Phi) is 6.56. The lowest BCUT2D eigenvalue weighted by atomic mass is 9.97. The smallest absolute Gasteiger partial charge is 0.101 e. The van der Waals surface area contributed by atoms with Crippen LogP contribution in [0.2, 0.25) is 0 Å². The van der Waals surface area contributed by atoms with E-state index in [1.807, 2.05) is 72.8 Å². The normalized spacial score (nSPS) is 11.1. The Hall–Kier alpha value is -7.39. The fourth-order valence-electron chi connectivity index (χ4n) is 7.38. The summed E-state index contributed by atoms with van der Waals surface area (Å²) in [6.07, 6.45) is 0. The Morgan fingerprint density at radius 3 is 1.78 bits per heavy atom. The van der Waals surface area contributed by atoms with Crippen LogP contribution in [0.4, 0.5) is 0 Å². The molecule has 0 radical (unpaired) electrons. The molecule has 9 aromatic rings. The predicted molar refractivity (Wildman–Crippen MR) is 200 cm³/mol. The van der Waals surface area contributed by atoms with E-state index >= 15 is 0 Å². The second kappa shape index (κ2) is 11.4. The van der Waals surface area contributed by atoms with E-state index in [1.54, 1.807) is 0 Å².